The Labute approximate surface area is 165 Å². The van der Waals surface area contributed by atoms with Crippen LogP contribution in [0.1, 0.15) is 29.8 Å². The Morgan fingerprint density at radius 1 is 1.15 bits per heavy atom. The van der Waals surface area contributed by atoms with E-state index in [1.807, 2.05) is 13.8 Å². The molecule has 1 saturated heterocycles. The number of thioether (sulfide) groups is 1. The maximum atomic E-state index is 13.2. The minimum absolute atomic E-state index is 0.0899. The van der Waals surface area contributed by atoms with Gasteiger partial charge in [0.15, 0.2) is 0 Å². The van der Waals surface area contributed by atoms with Gasteiger partial charge in [-0.25, -0.2) is 0 Å². The highest BCUT2D eigenvalue weighted by Gasteiger charge is 2.30. The van der Waals surface area contributed by atoms with Gasteiger partial charge in [0.2, 0.25) is 0 Å². The molecular weight excluding hydrogens is 358 g/mol. The van der Waals surface area contributed by atoms with Gasteiger partial charge >= 0.3 is 0 Å². The van der Waals surface area contributed by atoms with Crippen LogP contribution < -0.4 is 5.56 Å². The standard InChI is InChI=1S/C21H29N3O2S/c1-5-24-15(2)14-18(25)19(21(24)26)20(23-12-10-22(3)11-13-23)16-6-8-17(27-4)9-7-16/h6-9,14,20,25H,5,10-13H2,1-4H3/t20-/m1/s1. The van der Waals surface area contributed by atoms with Crippen molar-refractivity contribution in [1.82, 2.24) is 14.4 Å². The first-order valence-electron chi connectivity index (χ1n) is 9.46. The van der Waals surface area contributed by atoms with Crippen LogP contribution >= 0.6 is 11.8 Å². The van der Waals surface area contributed by atoms with Gasteiger partial charge in [-0.05, 0) is 50.9 Å². The van der Waals surface area contributed by atoms with Crippen LogP contribution in [-0.4, -0.2) is 59.0 Å². The minimum atomic E-state index is -0.236. The molecule has 1 aliphatic rings. The summed E-state index contributed by atoms with van der Waals surface area (Å²) in [4.78, 5) is 19.1. The van der Waals surface area contributed by atoms with Crippen LogP contribution in [0.2, 0.25) is 0 Å². The van der Waals surface area contributed by atoms with Crippen molar-refractivity contribution in [3.8, 4) is 5.75 Å². The summed E-state index contributed by atoms with van der Waals surface area (Å²) in [5, 5.41) is 10.8. The van der Waals surface area contributed by atoms with E-state index in [1.165, 1.54) is 4.90 Å². The van der Waals surface area contributed by atoms with E-state index in [2.05, 4.69) is 47.4 Å². The second kappa shape index (κ2) is 8.50. The van der Waals surface area contributed by atoms with Crippen molar-refractivity contribution in [2.45, 2.75) is 31.3 Å². The molecule has 1 N–H and O–H groups in total. The zero-order valence-electron chi connectivity index (χ0n) is 16.6. The molecule has 3 rings (SSSR count). The van der Waals surface area contributed by atoms with Crippen molar-refractivity contribution in [1.29, 1.82) is 0 Å². The molecule has 1 fully saturated rings. The van der Waals surface area contributed by atoms with E-state index in [4.69, 9.17) is 0 Å². The molecule has 2 heterocycles. The van der Waals surface area contributed by atoms with Crippen LogP contribution in [0.25, 0.3) is 0 Å². The lowest BCUT2D eigenvalue weighted by molar-refractivity contribution is 0.125. The quantitative estimate of drug-likeness (QED) is 0.800. The third-order valence-corrected chi connectivity index (χ3v) is 6.19. The number of nitrogens with zero attached hydrogens (tertiary/aromatic N) is 3. The van der Waals surface area contributed by atoms with Crippen LogP contribution in [-0.2, 0) is 6.54 Å². The average Bonchev–Trinajstić information content (AvgIpc) is 2.66. The summed E-state index contributed by atoms with van der Waals surface area (Å²) in [6, 6.07) is 9.84. The molecule has 0 unspecified atom stereocenters. The van der Waals surface area contributed by atoms with Crippen LogP contribution in [0.15, 0.2) is 40.0 Å². The van der Waals surface area contributed by atoms with Crippen molar-refractivity contribution in [2.24, 2.45) is 0 Å². The summed E-state index contributed by atoms with van der Waals surface area (Å²) >= 11 is 1.70. The van der Waals surface area contributed by atoms with Gasteiger partial charge in [-0.2, -0.15) is 0 Å². The molecule has 1 aliphatic heterocycles. The number of piperazine rings is 1. The molecule has 0 saturated carbocycles. The van der Waals surface area contributed by atoms with Gasteiger partial charge < -0.3 is 14.6 Å². The first kappa shape index (κ1) is 20.0. The lowest BCUT2D eigenvalue weighted by Gasteiger charge is -2.38. The number of rotatable bonds is 5. The smallest absolute Gasteiger partial charge is 0.259 e. The predicted molar refractivity (Wildman–Crippen MR) is 112 cm³/mol. The summed E-state index contributed by atoms with van der Waals surface area (Å²) in [7, 11) is 2.12. The number of pyridine rings is 1. The minimum Gasteiger partial charge on any atom is -0.507 e. The third-order valence-electron chi connectivity index (χ3n) is 5.45. The topological polar surface area (TPSA) is 48.7 Å². The fourth-order valence-corrected chi connectivity index (χ4v) is 4.25. The molecule has 0 amide bonds. The normalized spacial score (nSPS) is 17.2. The van der Waals surface area contributed by atoms with E-state index in [1.54, 1.807) is 22.4 Å². The monoisotopic (exact) mass is 387 g/mol. The molecule has 2 aromatic rings. The lowest BCUT2D eigenvalue weighted by atomic mass is 9.96. The second-order valence-corrected chi connectivity index (χ2v) is 8.03. The Hall–Kier alpha value is -1.76. The van der Waals surface area contributed by atoms with Crippen LogP contribution in [0.3, 0.4) is 0 Å². The highest BCUT2D eigenvalue weighted by molar-refractivity contribution is 7.98. The van der Waals surface area contributed by atoms with Crippen molar-refractivity contribution >= 4 is 11.8 Å². The van der Waals surface area contributed by atoms with E-state index >= 15 is 0 Å². The highest BCUT2D eigenvalue weighted by Crippen LogP contribution is 2.34. The number of aromatic hydroxyl groups is 1. The van der Waals surface area contributed by atoms with Crippen molar-refractivity contribution < 1.29 is 5.11 Å². The number of likely N-dealkylation sites (N-methyl/N-ethyl adjacent to an activating group) is 1. The van der Waals surface area contributed by atoms with Crippen molar-refractivity contribution in [3.05, 3.63) is 57.5 Å². The van der Waals surface area contributed by atoms with Crippen LogP contribution in [0.4, 0.5) is 0 Å². The summed E-state index contributed by atoms with van der Waals surface area (Å²) in [5.74, 6) is 0.0973. The summed E-state index contributed by atoms with van der Waals surface area (Å²) in [6.45, 7) is 8.06. The van der Waals surface area contributed by atoms with E-state index in [0.717, 1.165) is 37.4 Å². The summed E-state index contributed by atoms with van der Waals surface area (Å²) in [5.41, 5.74) is 2.24. The number of hydrogen-bond acceptors (Lipinski definition) is 5. The van der Waals surface area contributed by atoms with Crippen LogP contribution in [0.5, 0.6) is 5.75 Å². The Kier molecular flexibility index (Phi) is 6.29. The van der Waals surface area contributed by atoms with Crippen LogP contribution in [0, 0.1) is 6.92 Å². The van der Waals surface area contributed by atoms with Gasteiger partial charge in [0.1, 0.15) is 5.75 Å². The SMILES string of the molecule is CCn1c(C)cc(O)c([C@@H](c2ccc(SC)cc2)N2CCN(C)CC2)c1=O. The van der Waals surface area contributed by atoms with Gasteiger partial charge in [-0.15, -0.1) is 11.8 Å². The molecule has 1 atom stereocenters. The van der Waals surface area contributed by atoms with E-state index in [-0.39, 0.29) is 17.4 Å². The number of hydrogen-bond donors (Lipinski definition) is 1. The molecule has 5 nitrogen and oxygen atoms in total. The molecule has 1 aromatic heterocycles. The fraction of sp³-hybridized carbons (Fsp3) is 0.476. The first-order chi connectivity index (χ1) is 13.0. The zero-order valence-corrected chi connectivity index (χ0v) is 17.4. The molecule has 1 aromatic carbocycles. The molecule has 0 aliphatic carbocycles. The Bertz CT molecular complexity index is 840. The van der Waals surface area contributed by atoms with Gasteiger partial charge in [-0.1, -0.05) is 12.1 Å². The first-order valence-corrected chi connectivity index (χ1v) is 10.7. The largest absolute Gasteiger partial charge is 0.507 e. The van der Waals surface area contributed by atoms with Gasteiger partial charge in [-0.3, -0.25) is 9.69 Å². The molecular formula is C21H29N3O2S. The Balaban J connectivity index is 2.14. The van der Waals surface area contributed by atoms with E-state index < -0.39 is 0 Å². The Morgan fingerprint density at radius 2 is 1.78 bits per heavy atom. The molecule has 0 spiro atoms. The molecule has 146 valence electrons. The summed E-state index contributed by atoms with van der Waals surface area (Å²) in [6.07, 6.45) is 2.05. The summed E-state index contributed by atoms with van der Waals surface area (Å²) < 4.78 is 1.74. The predicted octanol–water partition coefficient (Wildman–Crippen LogP) is 2.94. The molecule has 27 heavy (non-hydrogen) atoms. The second-order valence-electron chi connectivity index (χ2n) is 7.15. The number of aryl methyl sites for hydroxylation is 1. The van der Waals surface area contributed by atoms with E-state index in [0.29, 0.717) is 12.1 Å². The molecule has 0 radical (unpaired) electrons. The third kappa shape index (κ3) is 4.08. The lowest BCUT2D eigenvalue weighted by Crippen LogP contribution is -2.47. The fourth-order valence-electron chi connectivity index (χ4n) is 3.85. The number of benzene rings is 1. The van der Waals surface area contributed by atoms with Gasteiger partial charge in [0.25, 0.3) is 5.56 Å². The highest BCUT2D eigenvalue weighted by atomic mass is 32.2. The molecule has 0 bridgehead atoms. The Morgan fingerprint density at radius 3 is 2.33 bits per heavy atom. The zero-order chi connectivity index (χ0) is 19.6. The van der Waals surface area contributed by atoms with E-state index in [9.17, 15) is 9.90 Å². The van der Waals surface area contributed by atoms with Crippen molar-refractivity contribution in [2.75, 3.05) is 39.5 Å². The maximum absolute atomic E-state index is 13.2. The average molecular weight is 388 g/mol. The number of aromatic nitrogens is 1. The maximum Gasteiger partial charge on any atom is 0.259 e. The van der Waals surface area contributed by atoms with Crippen molar-refractivity contribution in [3.63, 3.8) is 0 Å². The molecule has 6 heteroatoms. The van der Waals surface area contributed by atoms with Gasteiger partial charge in [0.05, 0.1) is 11.6 Å². The van der Waals surface area contributed by atoms with Gasteiger partial charge in [0, 0.05) is 43.3 Å².